The molecule has 10 nitrogen and oxygen atoms in total. The van der Waals surface area contributed by atoms with Gasteiger partial charge in [0.2, 0.25) is 0 Å². The lowest BCUT2D eigenvalue weighted by atomic mass is 9.99. The summed E-state index contributed by atoms with van der Waals surface area (Å²) in [5.74, 6) is -1.16. The highest BCUT2D eigenvalue weighted by atomic mass is 16.4. The van der Waals surface area contributed by atoms with E-state index in [0.29, 0.717) is 0 Å². The van der Waals surface area contributed by atoms with Crippen molar-refractivity contribution in [3.8, 4) is 0 Å². The Morgan fingerprint density at radius 2 is 1.40 bits per heavy atom. The highest BCUT2D eigenvalue weighted by molar-refractivity contribution is 5.81. The van der Waals surface area contributed by atoms with Gasteiger partial charge in [-0.15, -0.1) is 0 Å². The molecular formula is C10H21NO9. The summed E-state index contributed by atoms with van der Waals surface area (Å²) in [5, 5.41) is 74.7. The number of nitrogens with one attached hydrogen (secondary N) is 1. The van der Waals surface area contributed by atoms with Crippen LogP contribution in [0.3, 0.4) is 0 Å². The minimum atomic E-state index is -2.14. The van der Waals surface area contributed by atoms with Gasteiger partial charge in [0.15, 0.2) is 6.10 Å². The number of rotatable bonds is 9. The quantitative estimate of drug-likeness (QED) is 0.199. The molecule has 6 atom stereocenters. The summed E-state index contributed by atoms with van der Waals surface area (Å²) >= 11 is 0. The number of amides is 1. The van der Waals surface area contributed by atoms with Crippen molar-refractivity contribution in [2.24, 2.45) is 0 Å². The number of aliphatic hydroxyl groups is 8. The molecule has 10 heteroatoms. The molecule has 0 aromatic rings. The number of hydrogen-bond acceptors (Lipinski definition) is 9. The van der Waals surface area contributed by atoms with Gasteiger partial charge < -0.3 is 46.2 Å². The summed E-state index contributed by atoms with van der Waals surface area (Å²) in [5.41, 5.74) is 0. The molecule has 0 rings (SSSR count). The maximum atomic E-state index is 11.4. The summed E-state index contributed by atoms with van der Waals surface area (Å²) in [7, 11) is 0. The Labute approximate surface area is 114 Å². The lowest BCUT2D eigenvalue weighted by Crippen LogP contribution is -2.54. The van der Waals surface area contributed by atoms with Gasteiger partial charge in [-0.25, -0.2) is 0 Å². The Kier molecular flexibility index (Phi) is 8.76. The molecule has 0 radical (unpaired) electrons. The van der Waals surface area contributed by atoms with Crippen LogP contribution in [0.25, 0.3) is 0 Å². The van der Waals surface area contributed by atoms with E-state index in [1.54, 1.807) is 0 Å². The monoisotopic (exact) mass is 299 g/mol. The molecule has 0 saturated carbocycles. The fourth-order valence-electron chi connectivity index (χ4n) is 1.27. The van der Waals surface area contributed by atoms with E-state index in [2.05, 4.69) is 0 Å². The maximum Gasteiger partial charge on any atom is 0.251 e. The molecule has 1 unspecified atom stereocenters. The van der Waals surface area contributed by atoms with Crippen LogP contribution in [0.5, 0.6) is 0 Å². The Morgan fingerprint density at radius 3 is 1.85 bits per heavy atom. The maximum absolute atomic E-state index is 11.4. The first-order valence-corrected chi connectivity index (χ1v) is 5.84. The fraction of sp³-hybridized carbons (Fsp3) is 0.900. The van der Waals surface area contributed by atoms with E-state index in [0.717, 1.165) is 0 Å². The second kappa shape index (κ2) is 9.15. The molecule has 1 amide bonds. The van der Waals surface area contributed by atoms with Gasteiger partial charge in [0.1, 0.15) is 24.4 Å². The van der Waals surface area contributed by atoms with E-state index in [9.17, 15) is 25.2 Å². The molecule has 20 heavy (non-hydrogen) atoms. The smallest absolute Gasteiger partial charge is 0.251 e. The van der Waals surface area contributed by atoms with Crippen LogP contribution in [0, 0.1) is 0 Å². The Morgan fingerprint density at radius 1 is 0.850 bits per heavy atom. The van der Waals surface area contributed by atoms with Crippen molar-refractivity contribution in [2.45, 2.75) is 36.6 Å². The molecule has 0 bridgehead atoms. The Balaban J connectivity index is 4.44. The summed E-state index contributed by atoms with van der Waals surface area (Å²) < 4.78 is 0. The summed E-state index contributed by atoms with van der Waals surface area (Å²) in [4.78, 5) is 11.4. The first-order chi connectivity index (χ1) is 9.26. The number of hydrogen-bond donors (Lipinski definition) is 9. The third-order valence-corrected chi connectivity index (χ3v) is 2.60. The lowest BCUT2D eigenvalue weighted by molar-refractivity contribution is -0.157. The second-order valence-corrected chi connectivity index (χ2v) is 4.25. The average molecular weight is 299 g/mol. The number of carbonyl (C=O) groups is 1. The van der Waals surface area contributed by atoms with Gasteiger partial charge in [-0.2, -0.15) is 0 Å². The molecule has 0 aromatic carbocycles. The van der Waals surface area contributed by atoms with E-state index in [4.69, 9.17) is 20.4 Å². The summed E-state index contributed by atoms with van der Waals surface area (Å²) in [6.45, 7) is -1.91. The standard InChI is InChI=1S/C10H21NO9/c12-2-4(14)1-11-10(20)9(19)8(18)7(17)6(16)5(15)3-13/h4-9,12-19H,1-3H2,(H,11,20)/t4?,5-,6+,7-,8-,9-/m1/s1. The molecule has 0 aromatic heterocycles. The molecule has 9 N–H and O–H groups in total. The Bertz CT molecular complexity index is 290. The van der Waals surface area contributed by atoms with Gasteiger partial charge in [-0.05, 0) is 0 Å². The Hall–Kier alpha value is -0.850. The zero-order valence-corrected chi connectivity index (χ0v) is 10.6. The lowest BCUT2D eigenvalue weighted by Gasteiger charge is -2.28. The van der Waals surface area contributed by atoms with Crippen molar-refractivity contribution in [2.75, 3.05) is 19.8 Å². The van der Waals surface area contributed by atoms with Gasteiger partial charge in [0, 0.05) is 6.54 Å². The molecule has 0 aliphatic carbocycles. The van der Waals surface area contributed by atoms with Gasteiger partial charge in [-0.3, -0.25) is 4.79 Å². The zero-order valence-electron chi connectivity index (χ0n) is 10.6. The van der Waals surface area contributed by atoms with Crippen LogP contribution in [-0.4, -0.2) is 103 Å². The average Bonchev–Trinajstić information content (AvgIpc) is 2.47. The third kappa shape index (κ3) is 5.64. The van der Waals surface area contributed by atoms with Crippen molar-refractivity contribution in [3.63, 3.8) is 0 Å². The molecule has 0 saturated heterocycles. The van der Waals surface area contributed by atoms with Gasteiger partial charge in [0.05, 0.1) is 19.3 Å². The number of carbonyl (C=O) groups excluding carboxylic acids is 1. The molecule has 120 valence electrons. The number of aliphatic hydroxyl groups excluding tert-OH is 8. The SMILES string of the molecule is O=C(NCC(O)CO)[C@H](O)[C@H](O)[C@H](O)[C@@H](O)[C@H](O)CO. The van der Waals surface area contributed by atoms with E-state index >= 15 is 0 Å². The van der Waals surface area contributed by atoms with Crippen LogP contribution in [0.15, 0.2) is 0 Å². The van der Waals surface area contributed by atoms with Crippen molar-refractivity contribution >= 4 is 5.91 Å². The van der Waals surface area contributed by atoms with Gasteiger partial charge in [-0.1, -0.05) is 0 Å². The summed E-state index contributed by atoms with van der Waals surface area (Å²) in [6, 6.07) is 0. The minimum absolute atomic E-state index is 0.392. The zero-order chi connectivity index (χ0) is 15.9. The largest absolute Gasteiger partial charge is 0.394 e. The molecule has 0 aliphatic heterocycles. The van der Waals surface area contributed by atoms with Crippen LogP contribution >= 0.6 is 0 Å². The van der Waals surface area contributed by atoms with Crippen molar-refractivity contribution < 1.29 is 45.6 Å². The van der Waals surface area contributed by atoms with Crippen LogP contribution in [-0.2, 0) is 4.79 Å². The second-order valence-electron chi connectivity index (χ2n) is 4.25. The van der Waals surface area contributed by atoms with E-state index in [-0.39, 0.29) is 0 Å². The van der Waals surface area contributed by atoms with Gasteiger partial charge in [0.25, 0.3) is 5.91 Å². The topological polar surface area (TPSA) is 191 Å². The van der Waals surface area contributed by atoms with Crippen LogP contribution in [0.4, 0.5) is 0 Å². The van der Waals surface area contributed by atoms with Crippen LogP contribution in [0.1, 0.15) is 0 Å². The normalized spacial score (nSPS) is 20.6. The van der Waals surface area contributed by atoms with E-state index in [1.807, 2.05) is 5.32 Å². The van der Waals surface area contributed by atoms with Gasteiger partial charge >= 0.3 is 0 Å². The molecular weight excluding hydrogens is 278 g/mol. The molecule has 0 heterocycles. The van der Waals surface area contributed by atoms with E-state index in [1.165, 1.54) is 0 Å². The van der Waals surface area contributed by atoms with E-state index < -0.39 is 62.3 Å². The molecule has 0 spiro atoms. The first kappa shape index (κ1) is 19.1. The van der Waals surface area contributed by atoms with Crippen molar-refractivity contribution in [3.05, 3.63) is 0 Å². The summed E-state index contributed by atoms with van der Waals surface area (Å²) in [6.07, 6.45) is -11.3. The van der Waals surface area contributed by atoms with Crippen molar-refractivity contribution in [1.29, 1.82) is 0 Å². The highest BCUT2D eigenvalue weighted by Crippen LogP contribution is 2.08. The van der Waals surface area contributed by atoms with Crippen LogP contribution < -0.4 is 5.32 Å². The molecule has 0 fully saturated rings. The third-order valence-electron chi connectivity index (χ3n) is 2.60. The fourth-order valence-corrected chi connectivity index (χ4v) is 1.27. The van der Waals surface area contributed by atoms with Crippen LogP contribution in [0.2, 0.25) is 0 Å². The molecule has 0 aliphatic rings. The minimum Gasteiger partial charge on any atom is -0.394 e. The first-order valence-electron chi connectivity index (χ1n) is 5.84. The van der Waals surface area contributed by atoms with Crippen molar-refractivity contribution in [1.82, 2.24) is 5.32 Å². The highest BCUT2D eigenvalue weighted by Gasteiger charge is 2.37. The predicted octanol–water partition coefficient (Wildman–Crippen LogP) is -5.75. The predicted molar refractivity (Wildman–Crippen MR) is 63.2 cm³/mol.